The van der Waals surface area contributed by atoms with Crippen molar-refractivity contribution in [1.29, 1.82) is 0 Å². The lowest BCUT2D eigenvalue weighted by atomic mass is 9.96. The number of pyridine rings is 1. The molecule has 0 N–H and O–H groups in total. The fourth-order valence-electron chi connectivity index (χ4n) is 3.90. The highest BCUT2D eigenvalue weighted by Crippen LogP contribution is 2.40. The van der Waals surface area contributed by atoms with Crippen LogP contribution in [0.3, 0.4) is 0 Å². The summed E-state index contributed by atoms with van der Waals surface area (Å²) < 4.78 is 13.2. The lowest BCUT2D eigenvalue weighted by molar-refractivity contribution is 0.354. The minimum Gasteiger partial charge on any atom is -0.493 e. The molecular weight excluding hydrogens is 312 g/mol. The van der Waals surface area contributed by atoms with E-state index in [0.717, 1.165) is 41.2 Å². The summed E-state index contributed by atoms with van der Waals surface area (Å²) >= 11 is 0. The van der Waals surface area contributed by atoms with E-state index in [-0.39, 0.29) is 0 Å². The van der Waals surface area contributed by atoms with Crippen LogP contribution < -0.4 is 9.47 Å². The number of benzene rings is 2. The van der Waals surface area contributed by atoms with E-state index in [1.54, 1.807) is 14.2 Å². The largest absolute Gasteiger partial charge is 0.493 e. The number of rotatable bonds is 2. The van der Waals surface area contributed by atoms with E-state index in [1.807, 2.05) is 6.07 Å². The zero-order chi connectivity index (χ0) is 17.0. The Bertz CT molecular complexity index is 1080. The van der Waals surface area contributed by atoms with Crippen molar-refractivity contribution in [3.63, 3.8) is 0 Å². The molecule has 0 spiro atoms. The van der Waals surface area contributed by atoms with Crippen molar-refractivity contribution >= 4 is 10.9 Å². The maximum atomic E-state index is 5.50. The molecule has 0 bridgehead atoms. The molecule has 2 aromatic rings. The normalized spacial score (nSPS) is 12.9. The van der Waals surface area contributed by atoms with Gasteiger partial charge in [0, 0.05) is 28.9 Å². The Morgan fingerprint density at radius 2 is 1.76 bits per heavy atom. The topological polar surface area (TPSA) is 36.3 Å². The van der Waals surface area contributed by atoms with E-state index in [1.165, 1.54) is 22.2 Å². The summed E-state index contributed by atoms with van der Waals surface area (Å²) in [7, 11) is 3.35. The summed E-state index contributed by atoms with van der Waals surface area (Å²) in [4.78, 5) is 4.90. The third-order valence-electron chi connectivity index (χ3n) is 5.11. The molecule has 0 radical (unpaired) electrons. The van der Waals surface area contributed by atoms with Crippen molar-refractivity contribution in [3.05, 3.63) is 59.9 Å². The second kappa shape index (κ2) is 5.24. The van der Waals surface area contributed by atoms with E-state index in [0.29, 0.717) is 0 Å². The van der Waals surface area contributed by atoms with Crippen LogP contribution in [-0.4, -0.2) is 23.8 Å². The number of nitrogens with zero attached hydrogens (tertiary/aromatic N) is 2. The van der Waals surface area contributed by atoms with Gasteiger partial charge in [-0.1, -0.05) is 18.2 Å². The lowest BCUT2D eigenvalue weighted by Gasteiger charge is -2.25. The van der Waals surface area contributed by atoms with Crippen LogP contribution in [0.25, 0.3) is 27.8 Å². The van der Waals surface area contributed by atoms with Gasteiger partial charge in [-0.15, -0.1) is 0 Å². The summed E-state index contributed by atoms with van der Waals surface area (Å²) in [6.07, 6.45) is 4.08. The number of fused-ring (bicyclic) bond motifs is 7. The molecule has 0 unspecified atom stereocenters. The number of ether oxygens (including phenoxy) is 2. The fourth-order valence-corrected chi connectivity index (χ4v) is 3.90. The molecule has 25 heavy (non-hydrogen) atoms. The predicted octanol–water partition coefficient (Wildman–Crippen LogP) is 4.25. The Morgan fingerprint density at radius 1 is 0.960 bits per heavy atom. The minimum atomic E-state index is 0.752. The van der Waals surface area contributed by atoms with E-state index in [9.17, 15) is 0 Å². The summed E-state index contributed by atoms with van der Waals surface area (Å²) in [5.74, 6) is 1.53. The van der Waals surface area contributed by atoms with Crippen LogP contribution in [0.1, 0.15) is 11.3 Å². The van der Waals surface area contributed by atoms with Gasteiger partial charge in [-0.05, 0) is 36.6 Å². The van der Waals surface area contributed by atoms with Gasteiger partial charge in [-0.2, -0.15) is 0 Å². The molecule has 4 heteroatoms. The first-order chi connectivity index (χ1) is 12.3. The Hall–Kier alpha value is -3.01. The Morgan fingerprint density at radius 3 is 2.60 bits per heavy atom. The molecule has 5 rings (SSSR count). The molecule has 0 saturated heterocycles. The van der Waals surface area contributed by atoms with Crippen LogP contribution in [0.15, 0.2) is 48.7 Å². The van der Waals surface area contributed by atoms with E-state index >= 15 is 0 Å². The predicted molar refractivity (Wildman–Crippen MR) is 98.2 cm³/mol. The zero-order valence-corrected chi connectivity index (χ0v) is 14.2. The van der Waals surface area contributed by atoms with E-state index in [2.05, 4.69) is 47.2 Å². The molecule has 0 aliphatic carbocycles. The number of hydrogen-bond acceptors (Lipinski definition) is 3. The molecule has 124 valence electrons. The van der Waals surface area contributed by atoms with Gasteiger partial charge in [0.1, 0.15) is 0 Å². The Balaban J connectivity index is 1.79. The van der Waals surface area contributed by atoms with Crippen molar-refractivity contribution in [2.45, 2.75) is 12.8 Å². The number of para-hydroxylation sites is 1. The van der Waals surface area contributed by atoms with Crippen LogP contribution in [0.2, 0.25) is 0 Å². The molecule has 3 aliphatic rings. The van der Waals surface area contributed by atoms with Gasteiger partial charge in [0.2, 0.25) is 0 Å². The first kappa shape index (κ1) is 14.3. The quantitative estimate of drug-likeness (QED) is 0.551. The molecule has 3 aliphatic heterocycles. The van der Waals surface area contributed by atoms with Gasteiger partial charge >= 0.3 is 0 Å². The second-order valence-corrected chi connectivity index (χ2v) is 6.36. The summed E-state index contributed by atoms with van der Waals surface area (Å²) in [6.45, 7) is 0. The Kier molecular flexibility index (Phi) is 3.01. The van der Waals surface area contributed by atoms with Crippen LogP contribution in [0, 0.1) is 0 Å². The molecule has 0 saturated carbocycles. The number of aryl methyl sites for hydroxylation is 1. The van der Waals surface area contributed by atoms with Crippen LogP contribution >= 0.6 is 0 Å². The second-order valence-electron chi connectivity index (χ2n) is 6.36. The molecule has 3 heterocycles. The smallest absolute Gasteiger partial charge is 0.162 e. The van der Waals surface area contributed by atoms with Crippen LogP contribution in [0.5, 0.6) is 11.5 Å². The molecule has 2 aromatic carbocycles. The first-order valence-electron chi connectivity index (χ1n) is 8.44. The highest BCUT2D eigenvalue weighted by molar-refractivity contribution is 5.98. The third-order valence-corrected chi connectivity index (χ3v) is 5.11. The van der Waals surface area contributed by atoms with Crippen molar-refractivity contribution in [2.75, 3.05) is 14.2 Å². The summed E-state index contributed by atoms with van der Waals surface area (Å²) in [5, 5.41) is 1.22. The highest BCUT2D eigenvalue weighted by Gasteiger charge is 2.24. The van der Waals surface area contributed by atoms with Gasteiger partial charge in [-0.3, -0.25) is 0 Å². The Labute approximate surface area is 146 Å². The maximum absolute atomic E-state index is 5.50. The molecule has 0 fully saturated rings. The van der Waals surface area contributed by atoms with Crippen LogP contribution in [-0.2, 0) is 12.8 Å². The summed E-state index contributed by atoms with van der Waals surface area (Å²) in [6, 6.07) is 14.7. The molecule has 0 amide bonds. The van der Waals surface area contributed by atoms with Gasteiger partial charge < -0.3 is 14.0 Å². The molecule has 4 nitrogen and oxygen atoms in total. The first-order valence-corrected chi connectivity index (χ1v) is 8.44. The van der Waals surface area contributed by atoms with Crippen molar-refractivity contribution in [1.82, 2.24) is 9.55 Å². The minimum absolute atomic E-state index is 0.752. The average molecular weight is 330 g/mol. The fraction of sp³-hybridized carbons (Fsp3) is 0.190. The van der Waals surface area contributed by atoms with Gasteiger partial charge in [0.15, 0.2) is 11.5 Å². The third kappa shape index (κ3) is 1.97. The SMILES string of the molecule is COc1cc2c(cc1OC)-n1ccc3c4ccccc4nc-3c1CC2. The van der Waals surface area contributed by atoms with E-state index < -0.39 is 0 Å². The highest BCUT2D eigenvalue weighted by atomic mass is 16.5. The standard InChI is InChI=1S/C21H18N2O2/c1-24-19-11-13-7-8-17-21-15(14-5-3-4-6-16(14)22-21)9-10-23(17)18(13)12-20(19)25-2/h3-6,9-12H,7-8H2,1-2H3. The van der Waals surface area contributed by atoms with Crippen molar-refractivity contribution in [3.8, 4) is 28.4 Å². The molecule has 0 atom stereocenters. The molecular formula is C21H18N2O2. The monoisotopic (exact) mass is 330 g/mol. The van der Waals surface area contributed by atoms with Gasteiger partial charge in [-0.25, -0.2) is 4.98 Å². The van der Waals surface area contributed by atoms with E-state index in [4.69, 9.17) is 14.5 Å². The van der Waals surface area contributed by atoms with Gasteiger partial charge in [0.25, 0.3) is 0 Å². The molecule has 0 aromatic heterocycles. The number of methoxy groups -OCH3 is 2. The van der Waals surface area contributed by atoms with Crippen LogP contribution in [0.4, 0.5) is 0 Å². The van der Waals surface area contributed by atoms with Crippen molar-refractivity contribution in [2.24, 2.45) is 0 Å². The number of aromatic nitrogens is 2. The zero-order valence-electron chi connectivity index (χ0n) is 14.2. The van der Waals surface area contributed by atoms with Gasteiger partial charge in [0.05, 0.1) is 31.1 Å². The lowest BCUT2D eigenvalue weighted by Crippen LogP contribution is -2.15. The summed E-state index contributed by atoms with van der Waals surface area (Å²) in [5.41, 5.74) is 7.06. The average Bonchev–Trinajstić information content (AvgIpc) is 3.05. The maximum Gasteiger partial charge on any atom is 0.162 e. The van der Waals surface area contributed by atoms with Crippen molar-refractivity contribution < 1.29 is 9.47 Å². The number of hydrogen-bond donors (Lipinski definition) is 0.